The van der Waals surface area contributed by atoms with E-state index in [0.717, 1.165) is 24.9 Å². The Labute approximate surface area is 163 Å². The molecule has 0 spiro atoms. The lowest BCUT2D eigenvalue weighted by atomic mass is 10.1. The highest BCUT2D eigenvalue weighted by atomic mass is 16.2. The van der Waals surface area contributed by atoms with E-state index in [1.165, 1.54) is 5.56 Å². The van der Waals surface area contributed by atoms with Crippen molar-refractivity contribution in [3.8, 4) is 0 Å². The van der Waals surface area contributed by atoms with E-state index in [2.05, 4.69) is 27.8 Å². The molecule has 1 aromatic heterocycles. The Kier molecular flexibility index (Phi) is 5.19. The molecule has 0 unspecified atom stereocenters. The van der Waals surface area contributed by atoms with Crippen molar-refractivity contribution >= 4 is 17.5 Å². The van der Waals surface area contributed by atoms with Gasteiger partial charge in [0.25, 0.3) is 5.91 Å². The van der Waals surface area contributed by atoms with Crippen LogP contribution in [0.15, 0.2) is 67.3 Å². The second-order valence-electron chi connectivity index (χ2n) is 7.08. The molecule has 0 atom stereocenters. The number of benzene rings is 2. The van der Waals surface area contributed by atoms with E-state index in [1.807, 2.05) is 22.9 Å². The van der Waals surface area contributed by atoms with Crippen LogP contribution in [-0.2, 0) is 17.9 Å². The molecule has 0 radical (unpaired) electrons. The van der Waals surface area contributed by atoms with Gasteiger partial charge in [-0.05, 0) is 42.2 Å². The molecule has 0 bridgehead atoms. The summed E-state index contributed by atoms with van der Waals surface area (Å²) in [7, 11) is 0. The molecule has 142 valence electrons. The number of hydrogen-bond donors (Lipinski definition) is 2. The maximum absolute atomic E-state index is 12.4. The third kappa shape index (κ3) is 4.65. The van der Waals surface area contributed by atoms with Gasteiger partial charge in [0.15, 0.2) is 0 Å². The minimum Gasteiger partial charge on any atom is -0.348 e. The number of carbonyl (C=O) groups excluding carboxylic acids is 2. The first-order chi connectivity index (χ1) is 13.7. The number of carbonyl (C=O) groups is 2. The zero-order chi connectivity index (χ0) is 19.3. The molecule has 3 aromatic rings. The van der Waals surface area contributed by atoms with Crippen LogP contribution in [0.4, 0.5) is 5.69 Å². The Balaban J connectivity index is 1.31. The van der Waals surface area contributed by atoms with Gasteiger partial charge in [-0.15, -0.1) is 0 Å². The molecule has 2 aromatic carbocycles. The average molecular weight is 374 g/mol. The normalized spacial score (nSPS) is 13.1. The van der Waals surface area contributed by atoms with Gasteiger partial charge < -0.3 is 15.2 Å². The molecule has 4 rings (SSSR count). The molecule has 0 aliphatic heterocycles. The van der Waals surface area contributed by atoms with Gasteiger partial charge in [0, 0.05) is 42.7 Å². The smallest absolute Gasteiger partial charge is 0.251 e. The van der Waals surface area contributed by atoms with Gasteiger partial charge in [-0.1, -0.05) is 30.3 Å². The van der Waals surface area contributed by atoms with Gasteiger partial charge in [-0.3, -0.25) is 9.59 Å². The van der Waals surface area contributed by atoms with E-state index in [1.54, 1.807) is 36.8 Å². The molecule has 1 aliphatic carbocycles. The van der Waals surface area contributed by atoms with Crippen LogP contribution in [0.2, 0.25) is 0 Å². The lowest BCUT2D eigenvalue weighted by Gasteiger charge is -2.09. The zero-order valence-electron chi connectivity index (χ0n) is 15.5. The predicted octanol–water partition coefficient (Wildman–Crippen LogP) is 3.21. The number of amides is 2. The van der Waals surface area contributed by atoms with Gasteiger partial charge in [-0.2, -0.15) is 0 Å². The Morgan fingerprint density at radius 3 is 2.57 bits per heavy atom. The van der Waals surface area contributed by atoms with Crippen molar-refractivity contribution in [1.82, 2.24) is 14.9 Å². The monoisotopic (exact) mass is 374 g/mol. The van der Waals surface area contributed by atoms with Crippen LogP contribution in [0.1, 0.15) is 34.3 Å². The summed E-state index contributed by atoms with van der Waals surface area (Å²) in [5, 5.41) is 5.80. The van der Waals surface area contributed by atoms with Crippen LogP contribution >= 0.6 is 0 Å². The van der Waals surface area contributed by atoms with Crippen LogP contribution in [0.5, 0.6) is 0 Å². The summed E-state index contributed by atoms with van der Waals surface area (Å²) >= 11 is 0. The second-order valence-corrected chi connectivity index (χ2v) is 7.08. The second kappa shape index (κ2) is 8.08. The summed E-state index contributed by atoms with van der Waals surface area (Å²) in [6, 6.07) is 15.2. The molecule has 6 nitrogen and oxygen atoms in total. The highest BCUT2D eigenvalue weighted by Gasteiger charge is 2.29. The number of nitrogens with one attached hydrogen (secondary N) is 2. The summed E-state index contributed by atoms with van der Waals surface area (Å²) in [5.41, 5.74) is 3.40. The van der Waals surface area contributed by atoms with E-state index in [4.69, 9.17) is 0 Å². The van der Waals surface area contributed by atoms with Crippen LogP contribution in [0.3, 0.4) is 0 Å². The molecule has 0 saturated heterocycles. The zero-order valence-corrected chi connectivity index (χ0v) is 15.5. The first-order valence-corrected chi connectivity index (χ1v) is 9.40. The van der Waals surface area contributed by atoms with Crippen molar-refractivity contribution in [3.05, 3.63) is 83.9 Å². The first kappa shape index (κ1) is 18.0. The van der Waals surface area contributed by atoms with Crippen molar-refractivity contribution in [2.75, 3.05) is 5.32 Å². The number of anilines is 1. The van der Waals surface area contributed by atoms with Crippen molar-refractivity contribution in [3.63, 3.8) is 0 Å². The molecule has 1 aliphatic rings. The fourth-order valence-corrected chi connectivity index (χ4v) is 2.97. The molecular weight excluding hydrogens is 352 g/mol. The number of imidazole rings is 1. The van der Waals surface area contributed by atoms with E-state index in [0.29, 0.717) is 17.8 Å². The van der Waals surface area contributed by atoms with Gasteiger partial charge >= 0.3 is 0 Å². The number of aromatic nitrogens is 2. The molecular formula is C22H22N4O2. The van der Waals surface area contributed by atoms with Gasteiger partial charge in [0.1, 0.15) is 0 Å². The van der Waals surface area contributed by atoms with Crippen LogP contribution in [0, 0.1) is 5.92 Å². The van der Waals surface area contributed by atoms with E-state index >= 15 is 0 Å². The van der Waals surface area contributed by atoms with Crippen molar-refractivity contribution in [2.45, 2.75) is 25.9 Å². The summed E-state index contributed by atoms with van der Waals surface area (Å²) in [6.45, 7) is 1.22. The molecule has 2 amide bonds. The summed E-state index contributed by atoms with van der Waals surface area (Å²) in [5.74, 6) is 0.00702. The maximum Gasteiger partial charge on any atom is 0.251 e. The largest absolute Gasteiger partial charge is 0.348 e. The summed E-state index contributed by atoms with van der Waals surface area (Å²) in [4.78, 5) is 28.4. The third-order valence-electron chi connectivity index (χ3n) is 4.74. The minimum atomic E-state index is -0.162. The van der Waals surface area contributed by atoms with Crippen LogP contribution in [-0.4, -0.2) is 21.4 Å². The standard InChI is InChI=1S/C22H22N4O2/c27-21(19-2-1-3-20(12-19)25-22(28)18-8-9-18)24-13-16-4-6-17(7-5-16)14-26-11-10-23-15-26/h1-7,10-12,15,18H,8-9,13-14H2,(H,24,27)(H,25,28). The summed E-state index contributed by atoms with van der Waals surface area (Å²) in [6.07, 6.45) is 7.38. The molecule has 28 heavy (non-hydrogen) atoms. The molecule has 6 heteroatoms. The number of nitrogens with zero attached hydrogens (tertiary/aromatic N) is 2. The minimum absolute atomic E-state index is 0.0355. The SMILES string of the molecule is O=C(NCc1ccc(Cn2ccnc2)cc1)c1cccc(NC(=O)C2CC2)c1. The van der Waals surface area contributed by atoms with Crippen molar-refractivity contribution in [2.24, 2.45) is 5.92 Å². The predicted molar refractivity (Wildman–Crippen MR) is 107 cm³/mol. The highest BCUT2D eigenvalue weighted by Crippen LogP contribution is 2.30. The van der Waals surface area contributed by atoms with E-state index in [9.17, 15) is 9.59 Å². The van der Waals surface area contributed by atoms with Gasteiger partial charge in [0.2, 0.25) is 5.91 Å². The topological polar surface area (TPSA) is 76.0 Å². The highest BCUT2D eigenvalue weighted by molar-refractivity contribution is 5.98. The Morgan fingerprint density at radius 1 is 1.07 bits per heavy atom. The Bertz CT molecular complexity index is 960. The fraction of sp³-hybridized carbons (Fsp3) is 0.227. The number of hydrogen-bond acceptors (Lipinski definition) is 3. The third-order valence-corrected chi connectivity index (χ3v) is 4.74. The summed E-state index contributed by atoms with van der Waals surface area (Å²) < 4.78 is 2.01. The maximum atomic E-state index is 12.4. The van der Waals surface area contributed by atoms with Crippen LogP contribution in [0.25, 0.3) is 0 Å². The molecule has 1 heterocycles. The van der Waals surface area contributed by atoms with Crippen molar-refractivity contribution < 1.29 is 9.59 Å². The van der Waals surface area contributed by atoms with Crippen molar-refractivity contribution in [1.29, 1.82) is 0 Å². The lowest BCUT2D eigenvalue weighted by molar-refractivity contribution is -0.117. The molecule has 2 N–H and O–H groups in total. The van der Waals surface area contributed by atoms with E-state index < -0.39 is 0 Å². The Morgan fingerprint density at radius 2 is 1.86 bits per heavy atom. The molecule has 1 fully saturated rings. The van der Waals surface area contributed by atoms with Gasteiger partial charge in [-0.25, -0.2) is 4.98 Å². The lowest BCUT2D eigenvalue weighted by Crippen LogP contribution is -2.23. The quantitative estimate of drug-likeness (QED) is 0.667. The molecule has 1 saturated carbocycles. The average Bonchev–Trinajstić information content (AvgIpc) is 3.45. The Hall–Kier alpha value is -3.41. The van der Waals surface area contributed by atoms with Gasteiger partial charge in [0.05, 0.1) is 6.33 Å². The van der Waals surface area contributed by atoms with Crippen LogP contribution < -0.4 is 10.6 Å². The number of rotatable bonds is 7. The van der Waals surface area contributed by atoms with E-state index in [-0.39, 0.29) is 17.7 Å². The first-order valence-electron chi connectivity index (χ1n) is 9.40. The fourth-order valence-electron chi connectivity index (χ4n) is 2.97.